The third-order valence-electron chi connectivity index (χ3n) is 6.93. The molecule has 3 rings (SSSR count). The van der Waals surface area contributed by atoms with Gasteiger partial charge in [0.25, 0.3) is 5.95 Å². The first-order valence-electron chi connectivity index (χ1n) is 12.2. The summed E-state index contributed by atoms with van der Waals surface area (Å²) in [4.78, 5) is 3.00. The second kappa shape index (κ2) is 12.3. The van der Waals surface area contributed by atoms with E-state index in [1.807, 2.05) is 12.1 Å². The van der Waals surface area contributed by atoms with E-state index in [-0.39, 0.29) is 5.56 Å². The van der Waals surface area contributed by atoms with Crippen LogP contribution >= 0.6 is 0 Å². The molecule has 0 radical (unpaired) electrons. The molecule has 0 saturated heterocycles. The monoisotopic (exact) mass is 431 g/mol. The number of pyridine rings is 1. The first-order chi connectivity index (χ1) is 15.1. The van der Waals surface area contributed by atoms with Gasteiger partial charge in [0.2, 0.25) is 5.95 Å². The lowest BCUT2D eigenvalue weighted by atomic mass is 9.77. The first kappa shape index (κ1) is 23.8. The summed E-state index contributed by atoms with van der Waals surface area (Å²) >= 11 is 0. The second-order valence-electron chi connectivity index (χ2n) is 9.28. The second-order valence-corrected chi connectivity index (χ2v) is 9.28. The van der Waals surface area contributed by atoms with Gasteiger partial charge in [-0.15, -0.1) is 0 Å². The molecule has 0 bridgehead atoms. The molecule has 0 atom stereocenters. The standard InChI is InChI=1S/C27H36F3N/c1-2-3-4-5-6-7-8-20-9-11-21(12-10-20)13-14-22-15-17-23(18-16-22)24-19-25(28)27(30)31-26(24)29/h15-21H,2-14H2,1H3/t20-,21-. The Morgan fingerprint density at radius 2 is 1.39 bits per heavy atom. The Morgan fingerprint density at radius 3 is 2.06 bits per heavy atom. The first-order valence-corrected chi connectivity index (χ1v) is 12.2. The van der Waals surface area contributed by atoms with Crippen LogP contribution in [0.3, 0.4) is 0 Å². The molecule has 1 aromatic carbocycles. The molecule has 31 heavy (non-hydrogen) atoms. The Balaban J connectivity index is 1.38. The summed E-state index contributed by atoms with van der Waals surface area (Å²) in [5, 5.41) is 0. The topological polar surface area (TPSA) is 12.9 Å². The van der Waals surface area contributed by atoms with Crippen molar-refractivity contribution in [2.24, 2.45) is 11.8 Å². The maximum Gasteiger partial charge on any atom is 0.251 e. The van der Waals surface area contributed by atoms with Gasteiger partial charge >= 0.3 is 0 Å². The van der Waals surface area contributed by atoms with E-state index in [0.717, 1.165) is 24.3 Å². The number of halogens is 3. The molecule has 1 nitrogen and oxygen atoms in total. The molecule has 1 aliphatic rings. The largest absolute Gasteiger partial charge is 0.251 e. The third kappa shape index (κ3) is 7.36. The average Bonchev–Trinajstić information content (AvgIpc) is 2.78. The van der Waals surface area contributed by atoms with Crippen LogP contribution in [-0.4, -0.2) is 4.98 Å². The Bertz CT molecular complexity index is 795. The molecule has 0 spiro atoms. The minimum absolute atomic E-state index is 0.00543. The van der Waals surface area contributed by atoms with Crippen LogP contribution in [0.15, 0.2) is 30.3 Å². The lowest BCUT2D eigenvalue weighted by Gasteiger charge is -2.28. The Kier molecular flexibility index (Phi) is 9.42. The van der Waals surface area contributed by atoms with Crippen molar-refractivity contribution < 1.29 is 13.2 Å². The highest BCUT2D eigenvalue weighted by molar-refractivity contribution is 5.63. The average molecular weight is 432 g/mol. The van der Waals surface area contributed by atoms with Crippen molar-refractivity contribution in [3.8, 4) is 11.1 Å². The van der Waals surface area contributed by atoms with Crippen molar-refractivity contribution in [2.75, 3.05) is 0 Å². The minimum Gasteiger partial charge on any atom is -0.202 e. The molecule has 170 valence electrons. The van der Waals surface area contributed by atoms with Crippen LogP contribution in [0.1, 0.15) is 89.5 Å². The van der Waals surface area contributed by atoms with Crippen molar-refractivity contribution >= 4 is 0 Å². The van der Waals surface area contributed by atoms with Gasteiger partial charge < -0.3 is 0 Å². The molecule has 2 aromatic rings. The van der Waals surface area contributed by atoms with Gasteiger partial charge in [-0.05, 0) is 41.9 Å². The molecule has 1 aromatic heterocycles. The number of hydrogen-bond donors (Lipinski definition) is 0. The molecular formula is C27H36F3N. The van der Waals surface area contributed by atoms with E-state index >= 15 is 0 Å². The molecule has 4 heteroatoms. The van der Waals surface area contributed by atoms with Gasteiger partial charge in [-0.25, -0.2) is 4.39 Å². The van der Waals surface area contributed by atoms with Crippen molar-refractivity contribution in [3.63, 3.8) is 0 Å². The molecule has 1 heterocycles. The Labute approximate surface area is 185 Å². The van der Waals surface area contributed by atoms with Crippen LogP contribution in [0.2, 0.25) is 0 Å². The summed E-state index contributed by atoms with van der Waals surface area (Å²) in [7, 11) is 0. The molecule has 0 unspecified atom stereocenters. The van der Waals surface area contributed by atoms with Crippen LogP contribution < -0.4 is 0 Å². The van der Waals surface area contributed by atoms with Crippen molar-refractivity contribution in [1.29, 1.82) is 0 Å². The van der Waals surface area contributed by atoms with E-state index in [4.69, 9.17) is 0 Å². The number of benzene rings is 1. The number of unbranched alkanes of at least 4 members (excludes halogenated alkanes) is 5. The number of hydrogen-bond acceptors (Lipinski definition) is 1. The van der Waals surface area contributed by atoms with Crippen LogP contribution in [0.5, 0.6) is 0 Å². The summed E-state index contributed by atoms with van der Waals surface area (Å²) in [6, 6.07) is 8.32. The summed E-state index contributed by atoms with van der Waals surface area (Å²) < 4.78 is 40.3. The Hall–Kier alpha value is -1.84. The molecule has 0 N–H and O–H groups in total. The maximum absolute atomic E-state index is 13.9. The van der Waals surface area contributed by atoms with Crippen LogP contribution in [-0.2, 0) is 6.42 Å². The SMILES string of the molecule is CCCCCCCC[C@H]1CC[C@H](CCc2ccc(-c3cc(F)c(F)nc3F)cc2)CC1. The molecule has 1 aliphatic carbocycles. The predicted octanol–water partition coefficient (Wildman–Crippen LogP) is 8.66. The summed E-state index contributed by atoms with van der Waals surface area (Å²) in [5.41, 5.74) is 1.71. The number of aryl methyl sites for hydroxylation is 1. The fourth-order valence-electron chi connectivity index (χ4n) is 4.89. The van der Waals surface area contributed by atoms with Crippen molar-refractivity contribution in [2.45, 2.75) is 90.4 Å². The van der Waals surface area contributed by atoms with Gasteiger partial charge in [0.1, 0.15) is 0 Å². The zero-order chi connectivity index (χ0) is 22.1. The van der Waals surface area contributed by atoms with E-state index in [0.29, 0.717) is 5.56 Å². The summed E-state index contributed by atoms with van der Waals surface area (Å²) in [6.07, 6.45) is 17.3. The predicted molar refractivity (Wildman–Crippen MR) is 121 cm³/mol. The van der Waals surface area contributed by atoms with Crippen LogP contribution in [0.25, 0.3) is 11.1 Å². The number of rotatable bonds is 11. The van der Waals surface area contributed by atoms with Crippen LogP contribution in [0.4, 0.5) is 13.2 Å². The molecule has 1 fully saturated rings. The van der Waals surface area contributed by atoms with E-state index in [9.17, 15) is 13.2 Å². The van der Waals surface area contributed by atoms with E-state index in [2.05, 4.69) is 11.9 Å². The summed E-state index contributed by atoms with van der Waals surface area (Å²) in [5.74, 6) is -1.79. The minimum atomic E-state index is -1.40. The highest BCUT2D eigenvalue weighted by atomic mass is 19.2. The smallest absolute Gasteiger partial charge is 0.202 e. The number of nitrogens with zero attached hydrogens (tertiary/aromatic N) is 1. The lowest BCUT2D eigenvalue weighted by Crippen LogP contribution is -2.15. The number of aromatic nitrogens is 1. The molecule has 1 saturated carbocycles. The van der Waals surface area contributed by atoms with Crippen LogP contribution in [0, 0.1) is 29.5 Å². The molecular weight excluding hydrogens is 395 g/mol. The van der Waals surface area contributed by atoms with Crippen molar-refractivity contribution in [3.05, 3.63) is 53.6 Å². The lowest BCUT2D eigenvalue weighted by molar-refractivity contribution is 0.248. The van der Waals surface area contributed by atoms with Gasteiger partial charge in [0.15, 0.2) is 5.82 Å². The highest BCUT2D eigenvalue weighted by Gasteiger charge is 2.20. The highest BCUT2D eigenvalue weighted by Crippen LogP contribution is 2.34. The fraction of sp³-hybridized carbons (Fsp3) is 0.593. The van der Waals surface area contributed by atoms with Gasteiger partial charge in [0.05, 0.1) is 0 Å². The van der Waals surface area contributed by atoms with Gasteiger partial charge in [0, 0.05) is 5.56 Å². The van der Waals surface area contributed by atoms with Gasteiger partial charge in [-0.2, -0.15) is 13.8 Å². The zero-order valence-electron chi connectivity index (χ0n) is 18.8. The normalized spacial score (nSPS) is 19.0. The molecule has 0 amide bonds. The zero-order valence-corrected chi connectivity index (χ0v) is 18.8. The maximum atomic E-state index is 13.9. The van der Waals surface area contributed by atoms with Gasteiger partial charge in [-0.3, -0.25) is 0 Å². The molecule has 0 aliphatic heterocycles. The quantitative estimate of drug-likeness (QED) is 0.256. The fourth-order valence-corrected chi connectivity index (χ4v) is 4.89. The summed E-state index contributed by atoms with van der Waals surface area (Å²) in [6.45, 7) is 2.27. The van der Waals surface area contributed by atoms with E-state index in [1.165, 1.54) is 82.6 Å². The van der Waals surface area contributed by atoms with Crippen molar-refractivity contribution in [1.82, 2.24) is 4.98 Å². The van der Waals surface area contributed by atoms with Gasteiger partial charge in [-0.1, -0.05) is 102 Å². The van der Waals surface area contributed by atoms with E-state index < -0.39 is 17.7 Å². The van der Waals surface area contributed by atoms with E-state index in [1.54, 1.807) is 12.1 Å². The Morgan fingerprint density at radius 1 is 0.774 bits per heavy atom. The third-order valence-corrected chi connectivity index (χ3v) is 6.93.